The second kappa shape index (κ2) is 12.5. The number of rotatable bonds is 11. The van der Waals surface area contributed by atoms with Crippen LogP contribution in [0.5, 0.6) is 0 Å². The Morgan fingerprint density at radius 1 is 1.08 bits per heavy atom. The van der Waals surface area contributed by atoms with Gasteiger partial charge in [-0.1, -0.05) is 56.5 Å². The molecule has 3 aromatic rings. The Balaban J connectivity index is 2.22. The van der Waals surface area contributed by atoms with Crippen LogP contribution in [-0.2, 0) is 4.79 Å². The van der Waals surface area contributed by atoms with E-state index in [2.05, 4.69) is 18.7 Å². The lowest BCUT2D eigenvalue weighted by atomic mass is 9.97. The molecular weight excluding hydrogens is 472 g/mol. The number of para-hydroxylation sites is 1. The first kappa shape index (κ1) is 27.9. The number of amides is 1. The number of hydrogen-bond donors (Lipinski definition) is 0. The Hall–Kier alpha value is -2.70. The van der Waals surface area contributed by atoms with Crippen LogP contribution < -0.4 is 5.56 Å². The topological polar surface area (TPSA) is 58.4 Å². The Morgan fingerprint density at radius 2 is 1.81 bits per heavy atom. The van der Waals surface area contributed by atoms with Crippen molar-refractivity contribution in [3.63, 3.8) is 0 Å². The second-order valence-corrected chi connectivity index (χ2v) is 10.2. The summed E-state index contributed by atoms with van der Waals surface area (Å²) in [6.45, 7) is 9.37. The van der Waals surface area contributed by atoms with Crippen molar-refractivity contribution in [3.8, 4) is 5.69 Å². The van der Waals surface area contributed by atoms with Gasteiger partial charge in [-0.25, -0.2) is 4.98 Å². The number of aromatic nitrogens is 2. The normalized spacial score (nSPS) is 13.2. The highest BCUT2D eigenvalue weighted by Crippen LogP contribution is 2.29. The van der Waals surface area contributed by atoms with E-state index in [4.69, 9.17) is 16.6 Å². The number of carbonyl (C=O) groups is 1. The summed E-state index contributed by atoms with van der Waals surface area (Å²) in [7, 11) is 4.00. The summed E-state index contributed by atoms with van der Waals surface area (Å²) in [4.78, 5) is 36.7. The van der Waals surface area contributed by atoms with Gasteiger partial charge in [-0.3, -0.25) is 14.2 Å². The maximum Gasteiger partial charge on any atom is 0.266 e. The molecule has 2 unspecified atom stereocenters. The molecule has 194 valence electrons. The Kier molecular flexibility index (Phi) is 9.69. The standard InChI is InChI=1S/C29H39ClN4O2/c1-7-9-13-22(8-2)28(35)33(19-18-32(5)6)21(4)27-31-25-16-11-10-14-23(25)29(36)34(27)26-17-12-15-24(30)20(26)3/h10-12,14-17,21-22H,7-9,13,18-19H2,1-6H3. The summed E-state index contributed by atoms with van der Waals surface area (Å²) in [5.74, 6) is 0.613. The fourth-order valence-corrected chi connectivity index (χ4v) is 4.80. The van der Waals surface area contributed by atoms with Gasteiger partial charge in [0.05, 0.1) is 22.6 Å². The molecule has 2 atom stereocenters. The van der Waals surface area contributed by atoms with Gasteiger partial charge >= 0.3 is 0 Å². The van der Waals surface area contributed by atoms with Gasteiger partial charge in [0.1, 0.15) is 5.82 Å². The SMILES string of the molecule is CCCCC(CC)C(=O)N(CCN(C)C)C(C)c1nc2ccccc2c(=O)n1-c1cccc(Cl)c1C. The quantitative estimate of drug-likeness (QED) is 0.316. The van der Waals surface area contributed by atoms with Crippen molar-refractivity contribution in [2.45, 2.75) is 59.4 Å². The van der Waals surface area contributed by atoms with Crippen molar-refractivity contribution >= 4 is 28.4 Å². The summed E-state index contributed by atoms with van der Waals surface area (Å²) in [5.41, 5.74) is 1.95. The van der Waals surface area contributed by atoms with Gasteiger partial charge in [-0.05, 0) is 70.6 Å². The Labute approximate surface area is 219 Å². The Morgan fingerprint density at radius 3 is 2.47 bits per heavy atom. The lowest BCUT2D eigenvalue weighted by molar-refractivity contribution is -0.138. The number of benzene rings is 2. The van der Waals surface area contributed by atoms with Crippen LogP contribution in [0.15, 0.2) is 47.3 Å². The molecule has 3 rings (SSSR count). The summed E-state index contributed by atoms with van der Waals surface area (Å²) in [5, 5.41) is 1.12. The number of likely N-dealkylation sites (N-methyl/N-ethyl adjacent to an activating group) is 1. The average molecular weight is 511 g/mol. The van der Waals surface area contributed by atoms with E-state index in [1.165, 1.54) is 0 Å². The smallest absolute Gasteiger partial charge is 0.266 e. The van der Waals surface area contributed by atoms with Gasteiger partial charge in [0.2, 0.25) is 5.91 Å². The zero-order valence-corrected chi connectivity index (χ0v) is 23.2. The zero-order chi connectivity index (χ0) is 26.4. The molecule has 0 spiro atoms. The molecule has 0 bridgehead atoms. The third-order valence-electron chi connectivity index (χ3n) is 6.94. The molecule has 0 fully saturated rings. The first-order valence-electron chi connectivity index (χ1n) is 12.9. The summed E-state index contributed by atoms with van der Waals surface area (Å²) in [6, 6.07) is 12.5. The first-order chi connectivity index (χ1) is 17.2. The first-order valence-corrected chi connectivity index (χ1v) is 13.3. The molecule has 0 aliphatic carbocycles. The van der Waals surface area contributed by atoms with E-state index in [1.807, 2.05) is 69.2 Å². The third-order valence-corrected chi connectivity index (χ3v) is 7.35. The van der Waals surface area contributed by atoms with Crippen molar-refractivity contribution in [3.05, 3.63) is 69.2 Å². The van der Waals surface area contributed by atoms with E-state index in [0.29, 0.717) is 40.5 Å². The van der Waals surface area contributed by atoms with Crippen LogP contribution in [0.1, 0.15) is 63.9 Å². The maximum atomic E-state index is 13.9. The summed E-state index contributed by atoms with van der Waals surface area (Å²) < 4.78 is 1.65. The molecule has 0 N–H and O–H groups in total. The minimum atomic E-state index is -0.413. The average Bonchev–Trinajstić information content (AvgIpc) is 2.86. The van der Waals surface area contributed by atoms with Gasteiger partial charge in [-0.2, -0.15) is 0 Å². The van der Waals surface area contributed by atoms with Crippen molar-refractivity contribution < 1.29 is 4.79 Å². The molecule has 1 amide bonds. The minimum absolute atomic E-state index is 0.0527. The lowest BCUT2D eigenvalue weighted by Crippen LogP contribution is -2.43. The molecule has 0 saturated heterocycles. The van der Waals surface area contributed by atoms with Gasteiger partial charge in [0.15, 0.2) is 0 Å². The van der Waals surface area contributed by atoms with Gasteiger partial charge in [0.25, 0.3) is 5.56 Å². The summed E-state index contributed by atoms with van der Waals surface area (Å²) >= 11 is 6.47. The highest BCUT2D eigenvalue weighted by atomic mass is 35.5. The van der Waals surface area contributed by atoms with Crippen LogP contribution in [0.3, 0.4) is 0 Å². The molecule has 0 aliphatic rings. The van der Waals surface area contributed by atoms with E-state index in [9.17, 15) is 9.59 Å². The van der Waals surface area contributed by atoms with Crippen molar-refractivity contribution in [2.24, 2.45) is 5.92 Å². The van der Waals surface area contributed by atoms with Crippen LogP contribution >= 0.6 is 11.6 Å². The Bertz CT molecular complexity index is 1250. The van der Waals surface area contributed by atoms with E-state index < -0.39 is 6.04 Å². The molecule has 7 heteroatoms. The molecule has 0 saturated carbocycles. The molecule has 1 aromatic heterocycles. The molecule has 0 aliphatic heterocycles. The maximum absolute atomic E-state index is 13.9. The monoisotopic (exact) mass is 510 g/mol. The summed E-state index contributed by atoms with van der Waals surface area (Å²) in [6.07, 6.45) is 3.72. The molecule has 1 heterocycles. The van der Waals surface area contributed by atoms with Crippen LogP contribution in [0.4, 0.5) is 0 Å². The molecular formula is C29H39ClN4O2. The van der Waals surface area contributed by atoms with Gasteiger partial charge in [-0.15, -0.1) is 0 Å². The van der Waals surface area contributed by atoms with Crippen LogP contribution in [0.25, 0.3) is 16.6 Å². The van der Waals surface area contributed by atoms with Crippen LogP contribution in [0.2, 0.25) is 5.02 Å². The lowest BCUT2D eigenvalue weighted by Gasteiger charge is -2.34. The number of nitrogens with zero attached hydrogens (tertiary/aromatic N) is 4. The minimum Gasteiger partial charge on any atom is -0.331 e. The number of carbonyl (C=O) groups excluding carboxylic acids is 1. The molecule has 0 radical (unpaired) electrons. The van der Waals surface area contributed by atoms with Crippen LogP contribution in [-0.4, -0.2) is 52.4 Å². The fourth-order valence-electron chi connectivity index (χ4n) is 4.63. The molecule has 6 nitrogen and oxygen atoms in total. The third kappa shape index (κ3) is 5.98. The number of fused-ring (bicyclic) bond motifs is 1. The van der Waals surface area contributed by atoms with E-state index in [0.717, 1.165) is 31.2 Å². The number of unbranched alkanes of at least 4 members (excludes halogenated alkanes) is 1. The second-order valence-electron chi connectivity index (χ2n) is 9.77. The fraction of sp³-hybridized carbons (Fsp3) is 0.483. The van der Waals surface area contributed by atoms with Crippen molar-refractivity contribution in [1.29, 1.82) is 0 Å². The largest absolute Gasteiger partial charge is 0.331 e. The van der Waals surface area contributed by atoms with Crippen molar-refractivity contribution in [1.82, 2.24) is 19.4 Å². The van der Waals surface area contributed by atoms with Crippen LogP contribution in [0, 0.1) is 12.8 Å². The van der Waals surface area contributed by atoms with E-state index in [1.54, 1.807) is 10.6 Å². The molecule has 2 aromatic carbocycles. The predicted octanol–water partition coefficient (Wildman–Crippen LogP) is 6.02. The predicted molar refractivity (Wildman–Crippen MR) is 149 cm³/mol. The number of hydrogen-bond acceptors (Lipinski definition) is 4. The van der Waals surface area contributed by atoms with Crippen molar-refractivity contribution in [2.75, 3.05) is 27.2 Å². The van der Waals surface area contributed by atoms with E-state index in [-0.39, 0.29) is 17.4 Å². The van der Waals surface area contributed by atoms with E-state index >= 15 is 0 Å². The molecule has 36 heavy (non-hydrogen) atoms. The number of halogens is 1. The zero-order valence-electron chi connectivity index (χ0n) is 22.4. The van der Waals surface area contributed by atoms with Gasteiger partial charge < -0.3 is 9.80 Å². The highest BCUT2D eigenvalue weighted by Gasteiger charge is 2.30. The highest BCUT2D eigenvalue weighted by molar-refractivity contribution is 6.31. The van der Waals surface area contributed by atoms with Gasteiger partial charge in [0, 0.05) is 24.0 Å².